The van der Waals surface area contributed by atoms with Crippen LogP contribution in [0.3, 0.4) is 0 Å². The Hall–Kier alpha value is -3.55. The van der Waals surface area contributed by atoms with Gasteiger partial charge in [0.1, 0.15) is 5.52 Å². The number of anilines is 1. The molecular weight excluding hydrogens is 360 g/mol. The van der Waals surface area contributed by atoms with Gasteiger partial charge in [0.25, 0.3) is 5.91 Å². The second kappa shape index (κ2) is 7.99. The fraction of sp³-hybridized carbons (Fsp3) is 0.250. The van der Waals surface area contributed by atoms with E-state index in [0.717, 1.165) is 5.52 Å². The molecule has 0 saturated carbocycles. The summed E-state index contributed by atoms with van der Waals surface area (Å²) in [5.74, 6) is -1.23. The first-order valence-electron chi connectivity index (χ1n) is 8.85. The van der Waals surface area contributed by atoms with Crippen LogP contribution in [0.5, 0.6) is 0 Å². The number of Topliss-reactive ketones (excluding diaryl/α,β-unsaturated/α-hetero) is 1. The summed E-state index contributed by atoms with van der Waals surface area (Å²) in [7, 11) is 0. The van der Waals surface area contributed by atoms with E-state index in [9.17, 15) is 14.4 Å². The molecule has 0 aliphatic heterocycles. The van der Waals surface area contributed by atoms with Crippen molar-refractivity contribution in [3.8, 4) is 0 Å². The fourth-order valence-electron chi connectivity index (χ4n) is 2.67. The maximum atomic E-state index is 12.4. The molecule has 1 atom stereocenters. The molecule has 0 spiro atoms. The minimum atomic E-state index is -1.02. The standard InChI is InChI=1S/C20H20N4O4/c1-4-24-18-9-8-15(11-17(18)22-23-24)20(27)28-13(3)19(26)21-16-7-5-6-14(10-16)12(2)25/h5-11,13H,4H2,1-3H3,(H,21,26). The number of aromatic nitrogens is 3. The zero-order chi connectivity index (χ0) is 20.3. The molecule has 0 aliphatic rings. The summed E-state index contributed by atoms with van der Waals surface area (Å²) in [6, 6.07) is 11.5. The van der Waals surface area contributed by atoms with Gasteiger partial charge in [-0.15, -0.1) is 5.10 Å². The van der Waals surface area contributed by atoms with E-state index in [1.807, 2.05) is 6.92 Å². The summed E-state index contributed by atoms with van der Waals surface area (Å²) in [4.78, 5) is 36.1. The highest BCUT2D eigenvalue weighted by atomic mass is 16.5. The zero-order valence-electron chi connectivity index (χ0n) is 15.8. The lowest BCUT2D eigenvalue weighted by Crippen LogP contribution is -2.30. The third-order valence-corrected chi connectivity index (χ3v) is 4.24. The second-order valence-electron chi connectivity index (χ2n) is 6.28. The molecule has 0 aliphatic carbocycles. The predicted octanol–water partition coefficient (Wildman–Crippen LogP) is 2.84. The Bertz CT molecular complexity index is 1060. The van der Waals surface area contributed by atoms with Gasteiger partial charge >= 0.3 is 5.97 Å². The Morgan fingerprint density at radius 1 is 1.14 bits per heavy atom. The Morgan fingerprint density at radius 2 is 1.93 bits per heavy atom. The maximum absolute atomic E-state index is 12.4. The van der Waals surface area contributed by atoms with Crippen molar-refractivity contribution in [2.45, 2.75) is 33.4 Å². The van der Waals surface area contributed by atoms with Crippen LogP contribution in [0.15, 0.2) is 42.5 Å². The number of rotatable bonds is 6. The highest BCUT2D eigenvalue weighted by Gasteiger charge is 2.20. The summed E-state index contributed by atoms with van der Waals surface area (Å²) in [5, 5.41) is 10.7. The Labute approximate surface area is 161 Å². The van der Waals surface area contributed by atoms with Gasteiger partial charge in [-0.05, 0) is 51.1 Å². The monoisotopic (exact) mass is 380 g/mol. The summed E-state index contributed by atoms with van der Waals surface area (Å²) in [5.41, 5.74) is 2.62. The zero-order valence-corrected chi connectivity index (χ0v) is 15.8. The quantitative estimate of drug-likeness (QED) is 0.521. The third-order valence-electron chi connectivity index (χ3n) is 4.24. The number of carbonyl (C=O) groups is 3. The molecule has 0 saturated heterocycles. The van der Waals surface area contributed by atoms with E-state index in [1.165, 1.54) is 13.8 Å². The van der Waals surface area contributed by atoms with Crippen molar-refractivity contribution < 1.29 is 19.1 Å². The van der Waals surface area contributed by atoms with Crippen molar-refractivity contribution in [3.05, 3.63) is 53.6 Å². The number of ether oxygens (including phenoxy) is 1. The van der Waals surface area contributed by atoms with Gasteiger partial charge in [-0.25, -0.2) is 9.48 Å². The number of hydrogen-bond acceptors (Lipinski definition) is 6. The lowest BCUT2D eigenvalue weighted by molar-refractivity contribution is -0.123. The van der Waals surface area contributed by atoms with E-state index < -0.39 is 18.0 Å². The third kappa shape index (κ3) is 4.06. The highest BCUT2D eigenvalue weighted by Crippen LogP contribution is 2.16. The van der Waals surface area contributed by atoms with Gasteiger partial charge in [-0.2, -0.15) is 0 Å². The number of nitrogens with one attached hydrogen (secondary N) is 1. The molecule has 0 fully saturated rings. The molecular formula is C20H20N4O4. The first-order chi connectivity index (χ1) is 13.4. The Balaban J connectivity index is 1.67. The lowest BCUT2D eigenvalue weighted by Gasteiger charge is -2.14. The van der Waals surface area contributed by atoms with Gasteiger partial charge in [-0.3, -0.25) is 9.59 Å². The summed E-state index contributed by atoms with van der Waals surface area (Å²) in [6.45, 7) is 5.54. The van der Waals surface area contributed by atoms with Gasteiger partial charge < -0.3 is 10.1 Å². The summed E-state index contributed by atoms with van der Waals surface area (Å²) in [6.07, 6.45) is -1.02. The summed E-state index contributed by atoms with van der Waals surface area (Å²) < 4.78 is 6.98. The molecule has 1 aromatic heterocycles. The molecule has 1 amide bonds. The van der Waals surface area contributed by atoms with Crippen LogP contribution in [0.1, 0.15) is 41.5 Å². The maximum Gasteiger partial charge on any atom is 0.338 e. The number of ketones is 1. The number of carbonyl (C=O) groups excluding carboxylic acids is 3. The van der Waals surface area contributed by atoms with Gasteiger partial charge in [0, 0.05) is 17.8 Å². The normalized spacial score (nSPS) is 11.8. The van der Waals surface area contributed by atoms with Crippen molar-refractivity contribution in [1.82, 2.24) is 15.0 Å². The predicted molar refractivity (Wildman–Crippen MR) is 103 cm³/mol. The number of benzene rings is 2. The van der Waals surface area contributed by atoms with Crippen molar-refractivity contribution in [3.63, 3.8) is 0 Å². The Morgan fingerprint density at radius 3 is 2.64 bits per heavy atom. The van der Waals surface area contributed by atoms with Crippen LogP contribution in [-0.2, 0) is 16.1 Å². The van der Waals surface area contributed by atoms with Crippen molar-refractivity contribution in [1.29, 1.82) is 0 Å². The van der Waals surface area contributed by atoms with Crippen LogP contribution in [0.4, 0.5) is 5.69 Å². The van der Waals surface area contributed by atoms with Crippen LogP contribution in [-0.4, -0.2) is 38.8 Å². The highest BCUT2D eigenvalue weighted by molar-refractivity contribution is 6.00. The minimum Gasteiger partial charge on any atom is -0.449 e. The largest absolute Gasteiger partial charge is 0.449 e. The molecule has 8 nitrogen and oxygen atoms in total. The molecule has 1 N–H and O–H groups in total. The number of aryl methyl sites for hydroxylation is 1. The van der Waals surface area contributed by atoms with Crippen LogP contribution in [0, 0.1) is 0 Å². The molecule has 0 bridgehead atoms. The van der Waals surface area contributed by atoms with Gasteiger partial charge in [0.15, 0.2) is 11.9 Å². The van der Waals surface area contributed by atoms with E-state index in [0.29, 0.717) is 23.3 Å². The van der Waals surface area contributed by atoms with Crippen LogP contribution >= 0.6 is 0 Å². The Kier molecular flexibility index (Phi) is 5.49. The van der Waals surface area contributed by atoms with Gasteiger partial charge in [0.05, 0.1) is 11.1 Å². The molecule has 144 valence electrons. The fourth-order valence-corrected chi connectivity index (χ4v) is 2.67. The molecule has 0 radical (unpaired) electrons. The molecule has 28 heavy (non-hydrogen) atoms. The second-order valence-corrected chi connectivity index (χ2v) is 6.28. The summed E-state index contributed by atoms with van der Waals surface area (Å²) >= 11 is 0. The van der Waals surface area contributed by atoms with Crippen LogP contribution in [0.25, 0.3) is 11.0 Å². The molecule has 1 heterocycles. The number of amides is 1. The van der Waals surface area contributed by atoms with E-state index in [1.54, 1.807) is 47.1 Å². The van der Waals surface area contributed by atoms with E-state index >= 15 is 0 Å². The van der Waals surface area contributed by atoms with Gasteiger partial charge in [-0.1, -0.05) is 17.3 Å². The van der Waals surface area contributed by atoms with Crippen molar-refractivity contribution >= 4 is 34.4 Å². The molecule has 3 rings (SSSR count). The van der Waals surface area contributed by atoms with E-state index in [2.05, 4.69) is 15.6 Å². The van der Waals surface area contributed by atoms with Crippen molar-refractivity contribution in [2.24, 2.45) is 0 Å². The molecule has 2 aromatic carbocycles. The first-order valence-corrected chi connectivity index (χ1v) is 8.85. The SMILES string of the molecule is CCn1nnc2cc(C(=O)OC(C)C(=O)Nc3cccc(C(C)=O)c3)ccc21. The average molecular weight is 380 g/mol. The average Bonchev–Trinajstić information content (AvgIpc) is 3.10. The minimum absolute atomic E-state index is 0.106. The smallest absolute Gasteiger partial charge is 0.338 e. The first kappa shape index (κ1) is 19.2. The van der Waals surface area contributed by atoms with E-state index in [-0.39, 0.29) is 11.3 Å². The lowest BCUT2D eigenvalue weighted by atomic mass is 10.1. The van der Waals surface area contributed by atoms with Crippen molar-refractivity contribution in [2.75, 3.05) is 5.32 Å². The molecule has 8 heteroatoms. The number of fused-ring (bicyclic) bond motifs is 1. The number of nitrogens with zero attached hydrogens (tertiary/aromatic N) is 3. The number of esters is 1. The number of hydrogen-bond donors (Lipinski definition) is 1. The molecule has 3 aromatic rings. The van der Waals surface area contributed by atoms with Gasteiger partial charge in [0.2, 0.25) is 0 Å². The van der Waals surface area contributed by atoms with E-state index in [4.69, 9.17) is 4.74 Å². The van der Waals surface area contributed by atoms with Crippen LogP contribution in [0.2, 0.25) is 0 Å². The van der Waals surface area contributed by atoms with Crippen LogP contribution < -0.4 is 5.32 Å². The topological polar surface area (TPSA) is 103 Å². The molecule has 1 unspecified atom stereocenters.